The number of aromatic nitrogens is 1. The molecule has 1 aliphatic heterocycles. The molecule has 0 aromatic carbocycles. The van der Waals surface area contributed by atoms with Crippen LogP contribution >= 0.6 is 0 Å². The first-order valence-corrected chi connectivity index (χ1v) is 7.21. The molecule has 0 bridgehead atoms. The number of halogens is 3. The number of hydrogen-bond acceptors (Lipinski definition) is 4. The van der Waals surface area contributed by atoms with Crippen molar-refractivity contribution in [2.75, 3.05) is 20.1 Å². The summed E-state index contributed by atoms with van der Waals surface area (Å²) in [5.41, 5.74) is 0.614. The fourth-order valence-electron chi connectivity index (χ4n) is 2.63. The molecule has 6 nitrogen and oxygen atoms in total. The number of rotatable bonds is 3. The van der Waals surface area contributed by atoms with Crippen LogP contribution in [0.25, 0.3) is 0 Å². The van der Waals surface area contributed by atoms with Gasteiger partial charge >= 0.3 is 12.1 Å². The molecule has 2 amide bonds. The molecule has 0 saturated carbocycles. The average molecular weight is 333 g/mol. The van der Waals surface area contributed by atoms with E-state index in [1.165, 1.54) is 4.90 Å². The molecule has 0 unspecified atom stereocenters. The van der Waals surface area contributed by atoms with Crippen molar-refractivity contribution in [3.05, 3.63) is 17.5 Å². The number of carbonyl (C=O) groups is 2. The zero-order chi connectivity index (χ0) is 17.2. The lowest BCUT2D eigenvalue weighted by Crippen LogP contribution is -2.47. The maximum absolute atomic E-state index is 12.4. The summed E-state index contributed by atoms with van der Waals surface area (Å²) in [6.07, 6.45) is -4.41. The summed E-state index contributed by atoms with van der Waals surface area (Å²) in [6.45, 7) is 1.89. The highest BCUT2D eigenvalue weighted by Crippen LogP contribution is 2.25. The van der Waals surface area contributed by atoms with Crippen LogP contribution in [-0.4, -0.2) is 53.1 Å². The minimum atomic E-state index is -4.86. The van der Waals surface area contributed by atoms with Gasteiger partial charge in [0.1, 0.15) is 11.5 Å². The molecule has 0 spiro atoms. The van der Waals surface area contributed by atoms with Crippen LogP contribution in [0.15, 0.2) is 10.6 Å². The summed E-state index contributed by atoms with van der Waals surface area (Å²) in [7, 11) is 1.61. The fourth-order valence-corrected chi connectivity index (χ4v) is 2.63. The van der Waals surface area contributed by atoms with Crippen LogP contribution in [0.4, 0.5) is 13.2 Å². The van der Waals surface area contributed by atoms with E-state index in [4.69, 9.17) is 4.52 Å². The van der Waals surface area contributed by atoms with Crippen LogP contribution in [0.3, 0.4) is 0 Å². The lowest BCUT2D eigenvalue weighted by molar-refractivity contribution is -0.187. The number of piperidine rings is 1. The Morgan fingerprint density at radius 1 is 1.39 bits per heavy atom. The number of hydrogen-bond donors (Lipinski definition) is 0. The van der Waals surface area contributed by atoms with E-state index in [1.54, 1.807) is 20.0 Å². The van der Waals surface area contributed by atoms with Gasteiger partial charge in [0.2, 0.25) is 5.91 Å². The molecule has 1 aliphatic rings. The van der Waals surface area contributed by atoms with Crippen molar-refractivity contribution >= 4 is 11.8 Å². The molecule has 0 radical (unpaired) electrons. The average Bonchev–Trinajstić information content (AvgIpc) is 2.90. The molecule has 0 N–H and O–H groups in total. The van der Waals surface area contributed by atoms with Crippen molar-refractivity contribution in [1.29, 1.82) is 0 Å². The Balaban J connectivity index is 1.87. The van der Waals surface area contributed by atoms with Crippen LogP contribution < -0.4 is 0 Å². The van der Waals surface area contributed by atoms with Gasteiger partial charge in [0.15, 0.2) is 0 Å². The predicted octanol–water partition coefficient (Wildman–Crippen LogP) is 1.74. The summed E-state index contributed by atoms with van der Waals surface area (Å²) < 4.78 is 42.1. The third-order valence-corrected chi connectivity index (χ3v) is 3.83. The quantitative estimate of drug-likeness (QED) is 0.845. The Bertz CT molecular complexity index is 577. The number of amides is 2. The van der Waals surface area contributed by atoms with E-state index in [2.05, 4.69) is 5.16 Å². The second-order valence-electron chi connectivity index (χ2n) is 5.69. The lowest BCUT2D eigenvalue weighted by Gasteiger charge is -2.33. The topological polar surface area (TPSA) is 66.7 Å². The first-order valence-electron chi connectivity index (χ1n) is 7.21. The molecule has 1 aromatic rings. The number of carbonyl (C=O) groups excluding carboxylic acids is 2. The monoisotopic (exact) mass is 333 g/mol. The number of alkyl halides is 3. The van der Waals surface area contributed by atoms with Crippen LogP contribution in [-0.2, 0) is 16.1 Å². The number of aryl methyl sites for hydroxylation is 1. The minimum absolute atomic E-state index is 0.0638. The molecular formula is C14H18F3N3O3. The Morgan fingerprint density at radius 2 is 2.00 bits per heavy atom. The van der Waals surface area contributed by atoms with Gasteiger partial charge in [-0.25, -0.2) is 0 Å². The molecule has 1 fully saturated rings. The molecule has 0 aliphatic carbocycles. The van der Waals surface area contributed by atoms with Gasteiger partial charge in [-0.1, -0.05) is 5.16 Å². The summed E-state index contributed by atoms with van der Waals surface area (Å²) >= 11 is 0. The minimum Gasteiger partial charge on any atom is -0.361 e. The van der Waals surface area contributed by atoms with Gasteiger partial charge in [0.05, 0.1) is 6.54 Å². The van der Waals surface area contributed by atoms with Crippen molar-refractivity contribution in [2.45, 2.75) is 32.5 Å². The largest absolute Gasteiger partial charge is 0.471 e. The molecule has 2 heterocycles. The molecular weight excluding hydrogens is 315 g/mol. The highest BCUT2D eigenvalue weighted by molar-refractivity contribution is 5.83. The van der Waals surface area contributed by atoms with E-state index in [1.807, 2.05) is 0 Å². The van der Waals surface area contributed by atoms with E-state index < -0.39 is 12.1 Å². The Labute approximate surface area is 131 Å². The van der Waals surface area contributed by atoms with E-state index in [9.17, 15) is 22.8 Å². The predicted molar refractivity (Wildman–Crippen MR) is 73.1 cm³/mol. The van der Waals surface area contributed by atoms with E-state index in [-0.39, 0.29) is 44.3 Å². The van der Waals surface area contributed by atoms with Crippen LogP contribution in [0.1, 0.15) is 24.3 Å². The fraction of sp³-hybridized carbons (Fsp3) is 0.643. The normalized spacial score (nSPS) is 16.5. The van der Waals surface area contributed by atoms with E-state index >= 15 is 0 Å². The van der Waals surface area contributed by atoms with Gasteiger partial charge < -0.3 is 14.3 Å². The summed E-state index contributed by atoms with van der Waals surface area (Å²) in [5.74, 6) is -1.75. The van der Waals surface area contributed by atoms with E-state index in [0.717, 1.165) is 4.90 Å². The maximum Gasteiger partial charge on any atom is 0.471 e. The zero-order valence-electron chi connectivity index (χ0n) is 12.9. The van der Waals surface area contributed by atoms with Crippen molar-refractivity contribution in [3.63, 3.8) is 0 Å². The van der Waals surface area contributed by atoms with Crippen LogP contribution in [0.2, 0.25) is 0 Å². The van der Waals surface area contributed by atoms with Crippen LogP contribution in [0.5, 0.6) is 0 Å². The molecule has 23 heavy (non-hydrogen) atoms. The Kier molecular flexibility index (Phi) is 4.96. The third kappa shape index (κ3) is 4.23. The summed E-state index contributed by atoms with van der Waals surface area (Å²) in [6, 6.07) is 1.72. The van der Waals surface area contributed by atoms with Crippen molar-refractivity contribution in [2.24, 2.45) is 5.92 Å². The van der Waals surface area contributed by atoms with Gasteiger partial charge in [-0.3, -0.25) is 9.59 Å². The van der Waals surface area contributed by atoms with Crippen LogP contribution in [0, 0.1) is 12.8 Å². The molecule has 9 heteroatoms. The van der Waals surface area contributed by atoms with Gasteiger partial charge in [-0.15, -0.1) is 0 Å². The highest BCUT2D eigenvalue weighted by atomic mass is 19.4. The second-order valence-corrected chi connectivity index (χ2v) is 5.69. The molecule has 128 valence electrons. The van der Waals surface area contributed by atoms with Gasteiger partial charge in [-0.05, 0) is 19.8 Å². The number of nitrogens with zero attached hydrogens (tertiary/aromatic N) is 3. The van der Waals surface area contributed by atoms with Crippen molar-refractivity contribution in [1.82, 2.24) is 15.0 Å². The number of likely N-dealkylation sites (tertiary alicyclic amines) is 1. The smallest absolute Gasteiger partial charge is 0.361 e. The zero-order valence-corrected chi connectivity index (χ0v) is 12.9. The molecule has 1 aromatic heterocycles. The standard InChI is InChI=1S/C14H18F3N3O3/c1-9-7-11(18-23-9)8-19(2)12(21)10-3-5-20(6-4-10)13(22)14(15,16)17/h7,10H,3-6,8H2,1-2H3. The van der Waals surface area contributed by atoms with Gasteiger partial charge in [0.25, 0.3) is 0 Å². The van der Waals surface area contributed by atoms with Gasteiger partial charge in [-0.2, -0.15) is 13.2 Å². The maximum atomic E-state index is 12.4. The van der Waals surface area contributed by atoms with Gasteiger partial charge in [0, 0.05) is 32.1 Å². The summed E-state index contributed by atoms with van der Waals surface area (Å²) in [4.78, 5) is 25.7. The lowest BCUT2D eigenvalue weighted by atomic mass is 9.95. The molecule has 2 rings (SSSR count). The highest BCUT2D eigenvalue weighted by Gasteiger charge is 2.43. The third-order valence-electron chi connectivity index (χ3n) is 3.83. The molecule has 0 atom stereocenters. The first-order chi connectivity index (χ1) is 10.7. The molecule has 1 saturated heterocycles. The van der Waals surface area contributed by atoms with Crippen molar-refractivity contribution < 1.29 is 27.3 Å². The first kappa shape index (κ1) is 17.3. The Morgan fingerprint density at radius 3 is 2.48 bits per heavy atom. The SMILES string of the molecule is Cc1cc(CN(C)C(=O)C2CCN(C(=O)C(F)(F)F)CC2)no1. The van der Waals surface area contributed by atoms with Crippen molar-refractivity contribution in [3.8, 4) is 0 Å². The Hall–Kier alpha value is -2.06. The second kappa shape index (κ2) is 6.59. The summed E-state index contributed by atoms with van der Waals surface area (Å²) in [5, 5.41) is 3.80. The van der Waals surface area contributed by atoms with E-state index in [0.29, 0.717) is 11.5 Å².